The lowest BCUT2D eigenvalue weighted by molar-refractivity contribution is -0.155. The summed E-state index contributed by atoms with van der Waals surface area (Å²) in [5.41, 5.74) is 0.366. The van der Waals surface area contributed by atoms with Crippen LogP contribution in [0.25, 0.3) is 10.8 Å². The molecule has 0 N–H and O–H groups in total. The van der Waals surface area contributed by atoms with Crippen molar-refractivity contribution >= 4 is 22.6 Å². The second-order valence-electron chi connectivity index (χ2n) is 7.93. The first-order chi connectivity index (χ1) is 13.6. The Bertz CT molecular complexity index is 881. The van der Waals surface area contributed by atoms with Crippen molar-refractivity contribution in [2.24, 2.45) is 0 Å². The van der Waals surface area contributed by atoms with Gasteiger partial charge in [-0.2, -0.15) is 0 Å². The Balaban J connectivity index is 1.53. The first kappa shape index (κ1) is 18.9. The van der Waals surface area contributed by atoms with Gasteiger partial charge in [-0.15, -0.1) is 0 Å². The second kappa shape index (κ2) is 7.92. The highest BCUT2D eigenvalue weighted by atomic mass is 16.5. The van der Waals surface area contributed by atoms with Crippen LogP contribution in [0.5, 0.6) is 0 Å². The number of ether oxygens (including phenoxy) is 1. The highest BCUT2D eigenvalue weighted by Crippen LogP contribution is 2.38. The van der Waals surface area contributed by atoms with E-state index in [-0.39, 0.29) is 11.8 Å². The number of likely N-dealkylation sites (tertiary alicyclic amines) is 2. The summed E-state index contributed by atoms with van der Waals surface area (Å²) >= 11 is 0. The smallest absolute Gasteiger partial charge is 0.248 e. The standard InChI is InChI=1S/C23H28N2O3/c1-28-15-14-24-12-4-10-23(22(24)27)11-5-13-25(23)21(26)17-18-8-9-19-6-2-3-7-20(19)16-18/h2-3,6-9,16H,4-5,10-15,17H2,1H3. The fraction of sp³-hybridized carbons (Fsp3) is 0.478. The molecule has 2 aliphatic heterocycles. The van der Waals surface area contributed by atoms with E-state index in [1.165, 1.54) is 5.39 Å². The molecule has 5 nitrogen and oxygen atoms in total. The first-order valence-electron chi connectivity index (χ1n) is 10.2. The van der Waals surface area contributed by atoms with Gasteiger partial charge in [0.2, 0.25) is 11.8 Å². The number of amides is 2. The molecule has 2 aliphatic rings. The molecular weight excluding hydrogens is 352 g/mol. The predicted octanol–water partition coefficient (Wildman–Crippen LogP) is 3.01. The number of rotatable bonds is 5. The van der Waals surface area contributed by atoms with E-state index in [9.17, 15) is 9.59 Å². The highest BCUT2D eigenvalue weighted by molar-refractivity contribution is 5.93. The summed E-state index contributed by atoms with van der Waals surface area (Å²) in [6, 6.07) is 14.4. The topological polar surface area (TPSA) is 49.9 Å². The third-order valence-corrected chi connectivity index (χ3v) is 6.23. The van der Waals surface area contributed by atoms with E-state index >= 15 is 0 Å². The summed E-state index contributed by atoms with van der Waals surface area (Å²) in [5, 5.41) is 2.32. The minimum Gasteiger partial charge on any atom is -0.383 e. The average molecular weight is 380 g/mol. The lowest BCUT2D eigenvalue weighted by Gasteiger charge is -2.44. The van der Waals surface area contributed by atoms with Crippen molar-refractivity contribution in [3.05, 3.63) is 48.0 Å². The molecule has 0 bridgehead atoms. The quantitative estimate of drug-likeness (QED) is 0.801. The molecule has 28 heavy (non-hydrogen) atoms. The molecule has 2 aromatic carbocycles. The van der Waals surface area contributed by atoms with Crippen LogP contribution < -0.4 is 0 Å². The van der Waals surface area contributed by atoms with Gasteiger partial charge in [0.05, 0.1) is 13.0 Å². The number of carbonyl (C=O) groups is 2. The van der Waals surface area contributed by atoms with E-state index in [1.807, 2.05) is 28.0 Å². The fourth-order valence-electron chi connectivity index (χ4n) is 4.82. The summed E-state index contributed by atoms with van der Waals surface area (Å²) in [6.07, 6.45) is 3.73. The Labute approximate surface area is 166 Å². The summed E-state index contributed by atoms with van der Waals surface area (Å²) in [4.78, 5) is 30.3. The molecule has 0 radical (unpaired) electrons. The summed E-state index contributed by atoms with van der Waals surface area (Å²) in [6.45, 7) is 2.57. The molecule has 2 saturated heterocycles. The molecular formula is C23H28N2O3. The zero-order chi connectivity index (χ0) is 19.6. The van der Waals surface area contributed by atoms with Crippen LogP contribution in [0, 0.1) is 0 Å². The van der Waals surface area contributed by atoms with Crippen LogP contribution in [0.15, 0.2) is 42.5 Å². The van der Waals surface area contributed by atoms with Crippen molar-refractivity contribution in [3.8, 4) is 0 Å². The van der Waals surface area contributed by atoms with Crippen LogP contribution in [0.3, 0.4) is 0 Å². The summed E-state index contributed by atoms with van der Waals surface area (Å²) in [7, 11) is 1.65. The molecule has 0 aliphatic carbocycles. The SMILES string of the molecule is COCCN1CCCC2(CCCN2C(=O)Cc2ccc3ccccc3c2)C1=O. The van der Waals surface area contributed by atoms with Gasteiger partial charge in [0.15, 0.2) is 0 Å². The largest absolute Gasteiger partial charge is 0.383 e. The number of fused-ring (bicyclic) bond motifs is 1. The van der Waals surface area contributed by atoms with Crippen LogP contribution in [0.1, 0.15) is 31.2 Å². The van der Waals surface area contributed by atoms with E-state index in [0.29, 0.717) is 26.1 Å². The molecule has 1 unspecified atom stereocenters. The molecule has 1 atom stereocenters. The number of nitrogens with zero attached hydrogens (tertiary/aromatic N) is 2. The van der Waals surface area contributed by atoms with E-state index in [4.69, 9.17) is 4.74 Å². The van der Waals surface area contributed by atoms with Crippen molar-refractivity contribution in [1.29, 1.82) is 0 Å². The predicted molar refractivity (Wildman–Crippen MR) is 109 cm³/mol. The van der Waals surface area contributed by atoms with Gasteiger partial charge in [-0.05, 0) is 42.0 Å². The molecule has 2 heterocycles. The summed E-state index contributed by atoms with van der Waals surface area (Å²) < 4.78 is 5.16. The maximum absolute atomic E-state index is 13.3. The van der Waals surface area contributed by atoms with Gasteiger partial charge in [0, 0.05) is 26.7 Å². The molecule has 2 aromatic rings. The molecule has 148 valence electrons. The zero-order valence-electron chi connectivity index (χ0n) is 16.5. The minimum absolute atomic E-state index is 0.0646. The van der Waals surface area contributed by atoms with Crippen molar-refractivity contribution in [3.63, 3.8) is 0 Å². The van der Waals surface area contributed by atoms with Crippen molar-refractivity contribution in [1.82, 2.24) is 9.80 Å². The number of benzene rings is 2. The monoisotopic (exact) mass is 380 g/mol. The van der Waals surface area contributed by atoms with E-state index in [1.54, 1.807) is 7.11 Å². The van der Waals surface area contributed by atoms with Crippen molar-refractivity contribution in [2.75, 3.05) is 33.4 Å². The molecule has 2 fully saturated rings. The van der Waals surface area contributed by atoms with Gasteiger partial charge in [-0.1, -0.05) is 42.5 Å². The molecule has 2 amide bonds. The molecule has 1 spiro atoms. The van der Waals surface area contributed by atoms with Gasteiger partial charge in [0.25, 0.3) is 0 Å². The number of carbonyl (C=O) groups excluding carboxylic acids is 2. The van der Waals surface area contributed by atoms with Crippen LogP contribution in [0.2, 0.25) is 0 Å². The maximum atomic E-state index is 13.3. The lowest BCUT2D eigenvalue weighted by Crippen LogP contribution is -2.61. The zero-order valence-corrected chi connectivity index (χ0v) is 16.5. The Morgan fingerprint density at radius 3 is 2.61 bits per heavy atom. The minimum atomic E-state index is -0.639. The highest BCUT2D eigenvalue weighted by Gasteiger charge is 2.52. The molecule has 0 aromatic heterocycles. The second-order valence-corrected chi connectivity index (χ2v) is 7.93. The Kier molecular flexibility index (Phi) is 5.36. The van der Waals surface area contributed by atoms with E-state index < -0.39 is 5.54 Å². The van der Waals surface area contributed by atoms with Crippen LogP contribution >= 0.6 is 0 Å². The van der Waals surface area contributed by atoms with Crippen LogP contribution in [0.4, 0.5) is 0 Å². The van der Waals surface area contributed by atoms with Gasteiger partial charge in [-0.25, -0.2) is 0 Å². The van der Waals surface area contributed by atoms with Crippen LogP contribution in [-0.4, -0.2) is 60.5 Å². The Hall–Kier alpha value is -2.40. The van der Waals surface area contributed by atoms with E-state index in [2.05, 4.69) is 24.3 Å². The van der Waals surface area contributed by atoms with Gasteiger partial charge >= 0.3 is 0 Å². The first-order valence-corrected chi connectivity index (χ1v) is 10.2. The number of hydrogen-bond acceptors (Lipinski definition) is 3. The summed E-state index contributed by atoms with van der Waals surface area (Å²) in [5.74, 6) is 0.176. The van der Waals surface area contributed by atoms with Crippen molar-refractivity contribution in [2.45, 2.75) is 37.6 Å². The fourth-order valence-corrected chi connectivity index (χ4v) is 4.82. The third kappa shape index (κ3) is 3.39. The Morgan fingerprint density at radius 2 is 1.82 bits per heavy atom. The normalized spacial score (nSPS) is 22.4. The maximum Gasteiger partial charge on any atom is 0.248 e. The Morgan fingerprint density at radius 1 is 1.07 bits per heavy atom. The van der Waals surface area contributed by atoms with Crippen LogP contribution in [-0.2, 0) is 20.7 Å². The molecule has 5 heteroatoms. The molecule has 4 rings (SSSR count). The lowest BCUT2D eigenvalue weighted by atomic mass is 9.85. The van der Waals surface area contributed by atoms with Gasteiger partial charge < -0.3 is 14.5 Å². The van der Waals surface area contributed by atoms with E-state index in [0.717, 1.165) is 43.2 Å². The average Bonchev–Trinajstić information content (AvgIpc) is 3.14. The number of hydrogen-bond donors (Lipinski definition) is 0. The third-order valence-electron chi connectivity index (χ3n) is 6.23. The van der Waals surface area contributed by atoms with Crippen molar-refractivity contribution < 1.29 is 14.3 Å². The van der Waals surface area contributed by atoms with Gasteiger partial charge in [0.1, 0.15) is 5.54 Å². The number of methoxy groups -OCH3 is 1. The van der Waals surface area contributed by atoms with Gasteiger partial charge in [-0.3, -0.25) is 9.59 Å². The number of piperidine rings is 1. The molecule has 0 saturated carbocycles.